The van der Waals surface area contributed by atoms with Gasteiger partial charge in [-0.05, 0) is 99.8 Å². The molecule has 7 rings (SSSR count). The summed E-state index contributed by atoms with van der Waals surface area (Å²) in [7, 11) is 0. The summed E-state index contributed by atoms with van der Waals surface area (Å²) in [5.41, 5.74) is 6.17. The van der Waals surface area contributed by atoms with Crippen molar-refractivity contribution in [1.29, 1.82) is 0 Å². The third kappa shape index (κ3) is 6.30. The van der Waals surface area contributed by atoms with Gasteiger partial charge >= 0.3 is 0 Å². The Labute approximate surface area is 273 Å². The van der Waals surface area contributed by atoms with E-state index in [2.05, 4.69) is 79.9 Å². The largest absolute Gasteiger partial charge is 0.389 e. The van der Waals surface area contributed by atoms with Gasteiger partial charge in [-0.3, -0.25) is 9.67 Å². The lowest BCUT2D eigenvalue weighted by molar-refractivity contribution is 0.0591. The molecule has 0 amide bonds. The third-order valence-corrected chi connectivity index (χ3v) is 10.3. The van der Waals surface area contributed by atoms with Gasteiger partial charge in [0.2, 0.25) is 0 Å². The average Bonchev–Trinajstić information content (AvgIpc) is 3.77. The summed E-state index contributed by atoms with van der Waals surface area (Å²) in [5.74, 6) is 0.743. The molecule has 3 N–H and O–H groups in total. The molecule has 0 radical (unpaired) electrons. The maximum atomic E-state index is 10.3. The lowest BCUT2D eigenvalue weighted by Gasteiger charge is -2.18. The minimum Gasteiger partial charge on any atom is -0.389 e. The highest BCUT2D eigenvalue weighted by molar-refractivity contribution is 8.02. The van der Waals surface area contributed by atoms with Crippen LogP contribution in [0.15, 0.2) is 88.8 Å². The molecule has 5 aromatic heterocycles. The van der Waals surface area contributed by atoms with Crippen LogP contribution in [0.2, 0.25) is 0 Å². The zero-order chi connectivity index (χ0) is 31.1. The first kappa shape index (κ1) is 29.4. The van der Waals surface area contributed by atoms with Crippen molar-refractivity contribution in [3.63, 3.8) is 0 Å². The molecular formula is C34H31N7OS3. The van der Waals surface area contributed by atoms with Crippen LogP contribution in [0.4, 0.5) is 17.2 Å². The molecule has 8 nitrogen and oxygen atoms in total. The van der Waals surface area contributed by atoms with Crippen molar-refractivity contribution in [1.82, 2.24) is 24.7 Å². The fourth-order valence-electron chi connectivity index (χ4n) is 5.26. The highest BCUT2D eigenvalue weighted by Crippen LogP contribution is 2.36. The van der Waals surface area contributed by atoms with Gasteiger partial charge in [-0.25, -0.2) is 9.97 Å². The van der Waals surface area contributed by atoms with E-state index in [-0.39, 0.29) is 0 Å². The summed E-state index contributed by atoms with van der Waals surface area (Å²) >= 11 is 5.01. The second kappa shape index (κ2) is 11.9. The summed E-state index contributed by atoms with van der Waals surface area (Å²) in [6.07, 6.45) is 5.58. The van der Waals surface area contributed by atoms with Gasteiger partial charge in [0, 0.05) is 50.9 Å². The molecule has 7 aromatic rings. The summed E-state index contributed by atoms with van der Waals surface area (Å²) in [6.45, 7) is 8.13. The van der Waals surface area contributed by atoms with Gasteiger partial charge in [0.15, 0.2) is 0 Å². The number of benzene rings is 2. The Balaban J connectivity index is 1.08. The number of rotatable bonds is 9. The molecule has 0 saturated carbocycles. The normalized spacial score (nSPS) is 11.8. The van der Waals surface area contributed by atoms with Crippen molar-refractivity contribution in [3.8, 4) is 21.8 Å². The first-order chi connectivity index (χ1) is 21.7. The van der Waals surface area contributed by atoms with Crippen LogP contribution < -0.4 is 10.0 Å². The Bertz CT molecular complexity index is 2140. The van der Waals surface area contributed by atoms with Crippen molar-refractivity contribution in [2.24, 2.45) is 0 Å². The fraction of sp³-hybridized carbons (Fsp3) is 0.176. The maximum absolute atomic E-state index is 10.3. The van der Waals surface area contributed by atoms with Crippen molar-refractivity contribution in [2.45, 2.75) is 44.0 Å². The van der Waals surface area contributed by atoms with E-state index >= 15 is 0 Å². The number of aromatic nitrogens is 5. The number of fused-ring (bicyclic) bond motifs is 2. The first-order valence-corrected chi connectivity index (χ1v) is 17.0. The lowest BCUT2D eigenvalue weighted by atomic mass is 9.98. The number of aliphatic hydroxyl groups is 1. The van der Waals surface area contributed by atoms with Gasteiger partial charge in [0.25, 0.3) is 0 Å². The molecule has 0 fully saturated rings. The van der Waals surface area contributed by atoms with E-state index in [1.54, 1.807) is 48.5 Å². The van der Waals surface area contributed by atoms with Crippen molar-refractivity contribution >= 4 is 73.5 Å². The summed E-state index contributed by atoms with van der Waals surface area (Å²) in [5, 5.41) is 24.6. The standard InChI is InChI=1S/C34H31N7OS3/c1-20-25(9-10-29-27(20)17-37-41(29)19-34(3,4)42)33-26-15-31(36-16-22(26)13-14-35-33)39-23-5-7-24(8-6-23)40-45-32-12-11-30(44-32)28-18-43-21(2)38-28/h5-18,40,42H,19H2,1-4H3,(H,36,39). The van der Waals surface area contributed by atoms with Gasteiger partial charge in [0.05, 0.1) is 49.3 Å². The fourth-order valence-corrected chi connectivity index (χ4v) is 7.69. The number of hydrogen-bond acceptors (Lipinski definition) is 10. The molecule has 11 heteroatoms. The molecule has 226 valence electrons. The van der Waals surface area contributed by atoms with Crippen LogP contribution in [0.25, 0.3) is 43.5 Å². The number of thiophene rings is 1. The molecule has 0 atom stereocenters. The summed E-state index contributed by atoms with van der Waals surface area (Å²) < 4.78 is 6.48. The van der Waals surface area contributed by atoms with E-state index in [0.717, 1.165) is 66.4 Å². The molecule has 2 aromatic carbocycles. The van der Waals surface area contributed by atoms with E-state index < -0.39 is 5.60 Å². The lowest BCUT2D eigenvalue weighted by Crippen LogP contribution is -2.26. The second-order valence-corrected chi connectivity index (χ2v) is 14.8. The van der Waals surface area contributed by atoms with Crippen molar-refractivity contribution in [2.75, 3.05) is 10.0 Å². The molecule has 0 unspecified atom stereocenters. The van der Waals surface area contributed by atoms with Crippen LogP contribution in [0.3, 0.4) is 0 Å². The van der Waals surface area contributed by atoms with Crippen LogP contribution in [0.1, 0.15) is 24.4 Å². The van der Waals surface area contributed by atoms with Crippen molar-refractivity contribution in [3.05, 3.63) is 95.2 Å². The van der Waals surface area contributed by atoms with Gasteiger partial charge in [0.1, 0.15) is 5.82 Å². The molecule has 0 aliphatic rings. The average molecular weight is 650 g/mol. The van der Waals surface area contributed by atoms with Crippen LogP contribution in [-0.4, -0.2) is 35.4 Å². The van der Waals surface area contributed by atoms with Crippen molar-refractivity contribution < 1.29 is 5.11 Å². The Morgan fingerprint density at radius 3 is 2.53 bits per heavy atom. The Hall–Kier alpha value is -4.29. The zero-order valence-corrected chi connectivity index (χ0v) is 27.6. The first-order valence-electron chi connectivity index (χ1n) is 14.5. The smallest absolute Gasteiger partial charge is 0.130 e. The van der Waals surface area contributed by atoms with Crippen LogP contribution >= 0.6 is 34.6 Å². The number of nitrogens with zero attached hydrogens (tertiary/aromatic N) is 5. The Kier molecular flexibility index (Phi) is 7.78. The molecule has 45 heavy (non-hydrogen) atoms. The second-order valence-electron chi connectivity index (χ2n) is 11.5. The minimum atomic E-state index is -0.856. The number of hydrogen-bond donors (Lipinski definition) is 3. The highest BCUT2D eigenvalue weighted by Gasteiger charge is 2.18. The van der Waals surface area contributed by atoms with E-state index in [0.29, 0.717) is 6.54 Å². The van der Waals surface area contributed by atoms with Gasteiger partial charge in [-0.2, -0.15) is 5.10 Å². The van der Waals surface area contributed by atoms with Crippen LogP contribution in [0.5, 0.6) is 0 Å². The summed E-state index contributed by atoms with van der Waals surface area (Å²) in [4.78, 5) is 15.2. The Morgan fingerprint density at radius 2 is 1.76 bits per heavy atom. The topological polar surface area (TPSA) is 101 Å². The molecule has 0 bridgehead atoms. The molecule has 0 saturated heterocycles. The van der Waals surface area contributed by atoms with Gasteiger partial charge in [-0.1, -0.05) is 6.07 Å². The number of thiazole rings is 1. The molecule has 0 aliphatic heterocycles. The predicted octanol–water partition coefficient (Wildman–Crippen LogP) is 9.08. The predicted molar refractivity (Wildman–Crippen MR) is 189 cm³/mol. The van der Waals surface area contributed by atoms with Crippen LogP contribution in [-0.2, 0) is 6.54 Å². The number of anilines is 3. The van der Waals surface area contributed by atoms with E-state index in [1.807, 2.05) is 48.4 Å². The molecular weight excluding hydrogens is 619 g/mol. The SMILES string of the molecule is Cc1nc(-c2ccc(SNc3ccc(Nc4cc5c(-c6ccc7c(cnn7CC(C)(C)O)c6C)nccc5cn4)cc3)s2)cs1. The quantitative estimate of drug-likeness (QED) is 0.133. The maximum Gasteiger partial charge on any atom is 0.130 e. The van der Waals surface area contributed by atoms with E-state index in [1.165, 1.54) is 9.09 Å². The molecule has 0 spiro atoms. The molecule has 5 heterocycles. The zero-order valence-electron chi connectivity index (χ0n) is 25.2. The highest BCUT2D eigenvalue weighted by atomic mass is 32.2. The number of nitrogens with one attached hydrogen (secondary N) is 2. The third-order valence-electron chi connectivity index (χ3n) is 7.42. The number of aryl methyl sites for hydroxylation is 2. The van der Waals surface area contributed by atoms with Gasteiger partial charge < -0.3 is 15.1 Å². The van der Waals surface area contributed by atoms with Crippen LogP contribution in [0, 0.1) is 13.8 Å². The number of pyridine rings is 2. The van der Waals surface area contributed by atoms with Gasteiger partial charge in [-0.15, -0.1) is 22.7 Å². The van der Waals surface area contributed by atoms with E-state index in [9.17, 15) is 5.11 Å². The minimum absolute atomic E-state index is 0.418. The van der Waals surface area contributed by atoms with E-state index in [4.69, 9.17) is 4.98 Å². The molecule has 0 aliphatic carbocycles. The monoisotopic (exact) mass is 649 g/mol. The summed E-state index contributed by atoms with van der Waals surface area (Å²) in [6, 6.07) is 20.6. The Morgan fingerprint density at radius 1 is 0.933 bits per heavy atom.